The van der Waals surface area contributed by atoms with Gasteiger partial charge >= 0.3 is 0 Å². The van der Waals surface area contributed by atoms with Crippen LogP contribution < -0.4 is 0 Å². The summed E-state index contributed by atoms with van der Waals surface area (Å²) < 4.78 is 0. The van der Waals surface area contributed by atoms with Gasteiger partial charge in [-0.2, -0.15) is 23.5 Å². The highest BCUT2D eigenvalue weighted by Gasteiger charge is 2.22. The van der Waals surface area contributed by atoms with Gasteiger partial charge in [0.2, 0.25) is 0 Å². The lowest BCUT2D eigenvalue weighted by atomic mass is 9.83. The molecule has 0 saturated heterocycles. The predicted molar refractivity (Wildman–Crippen MR) is 84.2 cm³/mol. The summed E-state index contributed by atoms with van der Waals surface area (Å²) >= 11 is 4.33. The first-order valence-corrected chi connectivity index (χ1v) is 9.45. The van der Waals surface area contributed by atoms with Gasteiger partial charge in [-0.3, -0.25) is 0 Å². The van der Waals surface area contributed by atoms with Gasteiger partial charge in [-0.05, 0) is 53.7 Å². The molecular formula is C16H22S2. The summed E-state index contributed by atoms with van der Waals surface area (Å²) in [5, 5.41) is 0. The Labute approximate surface area is 119 Å². The fraction of sp³-hybridized carbons (Fsp3) is 0.625. The third-order valence-corrected chi connectivity index (χ3v) is 6.68. The van der Waals surface area contributed by atoms with Crippen molar-refractivity contribution in [3.63, 3.8) is 0 Å². The molecule has 0 amide bonds. The second-order valence-electron chi connectivity index (χ2n) is 5.70. The number of hydrogen-bond acceptors (Lipinski definition) is 2. The summed E-state index contributed by atoms with van der Waals surface area (Å²) in [7, 11) is 0. The minimum atomic E-state index is 1.000. The molecule has 18 heavy (non-hydrogen) atoms. The van der Waals surface area contributed by atoms with Gasteiger partial charge in [-0.25, -0.2) is 0 Å². The van der Waals surface area contributed by atoms with Crippen LogP contribution in [0.4, 0.5) is 0 Å². The van der Waals surface area contributed by atoms with E-state index in [2.05, 4.69) is 47.8 Å². The number of fused-ring (bicyclic) bond motifs is 3. The van der Waals surface area contributed by atoms with Gasteiger partial charge in [0.25, 0.3) is 0 Å². The summed E-state index contributed by atoms with van der Waals surface area (Å²) in [4.78, 5) is 0. The van der Waals surface area contributed by atoms with Crippen molar-refractivity contribution >= 4 is 23.5 Å². The average molecular weight is 278 g/mol. The SMILES string of the molecule is c1ccc2c(c1)CSC[C@@H]1CCC[C@@H](CSC2)C1. The molecule has 2 bridgehead atoms. The molecular weight excluding hydrogens is 256 g/mol. The van der Waals surface area contributed by atoms with Crippen molar-refractivity contribution in [2.24, 2.45) is 11.8 Å². The van der Waals surface area contributed by atoms with Gasteiger partial charge < -0.3 is 0 Å². The van der Waals surface area contributed by atoms with E-state index in [1.54, 1.807) is 11.1 Å². The molecule has 0 unspecified atom stereocenters. The molecule has 1 fully saturated rings. The number of thioether (sulfide) groups is 2. The monoisotopic (exact) mass is 278 g/mol. The highest BCUT2D eigenvalue weighted by molar-refractivity contribution is 7.98. The van der Waals surface area contributed by atoms with E-state index in [1.165, 1.54) is 48.7 Å². The fourth-order valence-corrected chi connectivity index (χ4v) is 5.73. The van der Waals surface area contributed by atoms with E-state index in [0.29, 0.717) is 0 Å². The van der Waals surface area contributed by atoms with Gasteiger partial charge in [0.05, 0.1) is 0 Å². The molecule has 1 aromatic carbocycles. The molecule has 1 saturated carbocycles. The molecule has 3 rings (SSSR count). The fourth-order valence-electron chi connectivity index (χ4n) is 3.22. The van der Waals surface area contributed by atoms with Crippen molar-refractivity contribution < 1.29 is 0 Å². The van der Waals surface area contributed by atoms with Crippen LogP contribution in [0.2, 0.25) is 0 Å². The molecule has 1 aromatic rings. The molecule has 2 aliphatic rings. The smallest absolute Gasteiger partial charge is 0.0187 e. The highest BCUT2D eigenvalue weighted by atomic mass is 32.2. The van der Waals surface area contributed by atoms with E-state index in [1.807, 2.05) is 0 Å². The predicted octanol–water partition coefficient (Wildman–Crippen LogP) is 4.97. The van der Waals surface area contributed by atoms with Crippen molar-refractivity contribution in [3.05, 3.63) is 35.4 Å². The lowest BCUT2D eigenvalue weighted by Gasteiger charge is -2.28. The lowest BCUT2D eigenvalue weighted by molar-refractivity contribution is 0.309. The first-order chi connectivity index (χ1) is 8.92. The Kier molecular flexibility index (Phi) is 4.58. The third kappa shape index (κ3) is 3.27. The lowest BCUT2D eigenvalue weighted by Crippen LogP contribution is -2.18. The summed E-state index contributed by atoms with van der Waals surface area (Å²) in [6.45, 7) is 0. The molecule has 1 aliphatic heterocycles. The summed E-state index contributed by atoms with van der Waals surface area (Å²) in [6, 6.07) is 9.05. The van der Waals surface area contributed by atoms with Crippen molar-refractivity contribution in [2.75, 3.05) is 11.5 Å². The summed E-state index contributed by atoms with van der Waals surface area (Å²) in [6.07, 6.45) is 5.94. The molecule has 98 valence electrons. The Hall–Kier alpha value is -0.0800. The van der Waals surface area contributed by atoms with E-state index in [9.17, 15) is 0 Å². The maximum absolute atomic E-state index is 2.33. The third-order valence-electron chi connectivity index (χ3n) is 4.23. The van der Waals surface area contributed by atoms with Crippen LogP contribution in [-0.2, 0) is 11.5 Å². The first kappa shape index (κ1) is 12.9. The van der Waals surface area contributed by atoms with Crippen molar-refractivity contribution in [1.29, 1.82) is 0 Å². The molecule has 0 N–H and O–H groups in total. The molecule has 0 nitrogen and oxygen atoms in total. The van der Waals surface area contributed by atoms with Gasteiger partial charge in [0.15, 0.2) is 0 Å². The molecule has 0 spiro atoms. The summed E-state index contributed by atoms with van der Waals surface area (Å²) in [5.41, 5.74) is 3.15. The molecule has 0 radical (unpaired) electrons. The Morgan fingerprint density at radius 3 is 1.94 bits per heavy atom. The Bertz CT molecular complexity index is 353. The Morgan fingerprint density at radius 1 is 0.833 bits per heavy atom. The quantitative estimate of drug-likeness (QED) is 0.657. The van der Waals surface area contributed by atoms with Crippen molar-refractivity contribution in [1.82, 2.24) is 0 Å². The number of benzene rings is 1. The molecule has 2 heteroatoms. The normalized spacial score (nSPS) is 29.1. The van der Waals surface area contributed by atoms with Gasteiger partial charge in [0, 0.05) is 11.5 Å². The van der Waals surface area contributed by atoms with E-state index in [4.69, 9.17) is 0 Å². The maximum Gasteiger partial charge on any atom is 0.0187 e. The van der Waals surface area contributed by atoms with Gasteiger partial charge in [-0.1, -0.05) is 30.7 Å². The van der Waals surface area contributed by atoms with Gasteiger partial charge in [-0.15, -0.1) is 0 Å². The topological polar surface area (TPSA) is 0 Å². The zero-order valence-electron chi connectivity index (χ0n) is 10.9. The molecule has 1 aliphatic carbocycles. The van der Waals surface area contributed by atoms with E-state index in [-0.39, 0.29) is 0 Å². The maximum atomic E-state index is 2.33. The zero-order chi connectivity index (χ0) is 12.2. The standard InChI is InChI=1S/C16H22S2/c1-2-7-16-12-18-10-14-5-3-4-13(8-14)9-17-11-15(16)6-1/h1-2,6-7,13-14H,3-5,8-12H2/t13-,14-/m1/s1. The van der Waals surface area contributed by atoms with E-state index in [0.717, 1.165) is 11.8 Å². The second-order valence-corrected chi connectivity index (χ2v) is 7.76. The van der Waals surface area contributed by atoms with Crippen LogP contribution in [0.25, 0.3) is 0 Å². The Morgan fingerprint density at radius 2 is 1.39 bits per heavy atom. The van der Waals surface area contributed by atoms with Crippen molar-refractivity contribution in [2.45, 2.75) is 37.2 Å². The van der Waals surface area contributed by atoms with Crippen LogP contribution in [0.1, 0.15) is 36.8 Å². The molecule has 0 aromatic heterocycles. The summed E-state index contributed by atoms with van der Waals surface area (Å²) in [5.74, 6) is 7.21. The van der Waals surface area contributed by atoms with Crippen LogP contribution in [0.5, 0.6) is 0 Å². The average Bonchev–Trinajstić information content (AvgIpc) is 2.43. The van der Waals surface area contributed by atoms with Crippen LogP contribution in [-0.4, -0.2) is 11.5 Å². The van der Waals surface area contributed by atoms with E-state index < -0.39 is 0 Å². The molecule has 1 heterocycles. The minimum Gasteiger partial charge on any atom is -0.157 e. The highest BCUT2D eigenvalue weighted by Crippen LogP contribution is 2.35. The van der Waals surface area contributed by atoms with E-state index >= 15 is 0 Å². The largest absolute Gasteiger partial charge is 0.157 e. The van der Waals surface area contributed by atoms with Crippen LogP contribution in [0.3, 0.4) is 0 Å². The van der Waals surface area contributed by atoms with Crippen LogP contribution in [0, 0.1) is 11.8 Å². The minimum absolute atomic E-state index is 1.000. The van der Waals surface area contributed by atoms with Crippen molar-refractivity contribution in [3.8, 4) is 0 Å². The number of rotatable bonds is 0. The first-order valence-electron chi connectivity index (χ1n) is 7.14. The van der Waals surface area contributed by atoms with Crippen LogP contribution >= 0.6 is 23.5 Å². The molecule has 2 atom stereocenters. The Balaban J connectivity index is 1.73. The number of hydrogen-bond donors (Lipinski definition) is 0. The zero-order valence-corrected chi connectivity index (χ0v) is 12.6. The van der Waals surface area contributed by atoms with Crippen LogP contribution in [0.15, 0.2) is 24.3 Å². The second kappa shape index (κ2) is 6.38. The van der Waals surface area contributed by atoms with Gasteiger partial charge in [0.1, 0.15) is 0 Å².